The van der Waals surface area contributed by atoms with Crippen molar-refractivity contribution in [2.24, 2.45) is 0 Å². The standard InChI is InChI=1S/C22H18FN3O/c1-27-20-8-7-18(23)15-19(20)22-25-13-14-26(22)21(16-5-3-2-4-6-16)17-9-11-24-12-10-17/h2-15,21H,1H3. The van der Waals surface area contributed by atoms with Gasteiger partial charge in [0, 0.05) is 24.8 Å². The molecule has 0 aliphatic carbocycles. The number of pyridine rings is 1. The van der Waals surface area contributed by atoms with Crippen LogP contribution in [0.5, 0.6) is 5.75 Å². The van der Waals surface area contributed by atoms with Gasteiger partial charge in [0.05, 0.1) is 18.7 Å². The number of aromatic nitrogens is 3. The molecule has 0 saturated carbocycles. The van der Waals surface area contributed by atoms with Gasteiger partial charge in [0.15, 0.2) is 0 Å². The molecule has 5 heteroatoms. The van der Waals surface area contributed by atoms with Crippen molar-refractivity contribution in [1.82, 2.24) is 14.5 Å². The summed E-state index contributed by atoms with van der Waals surface area (Å²) in [6.45, 7) is 0. The van der Waals surface area contributed by atoms with Crippen LogP contribution in [0.25, 0.3) is 11.4 Å². The van der Waals surface area contributed by atoms with Crippen LogP contribution in [-0.4, -0.2) is 21.6 Å². The van der Waals surface area contributed by atoms with Crippen LogP contribution in [0.4, 0.5) is 4.39 Å². The summed E-state index contributed by atoms with van der Waals surface area (Å²) in [6, 6.07) is 18.4. The summed E-state index contributed by atoms with van der Waals surface area (Å²) in [7, 11) is 1.57. The van der Waals surface area contributed by atoms with Crippen LogP contribution >= 0.6 is 0 Å². The van der Waals surface area contributed by atoms with Crippen LogP contribution in [0.15, 0.2) is 85.5 Å². The zero-order valence-electron chi connectivity index (χ0n) is 14.8. The summed E-state index contributed by atoms with van der Waals surface area (Å²) in [5, 5.41) is 0. The van der Waals surface area contributed by atoms with Crippen LogP contribution < -0.4 is 4.74 Å². The Hall–Kier alpha value is -3.47. The van der Waals surface area contributed by atoms with E-state index >= 15 is 0 Å². The first kappa shape index (κ1) is 17.0. The van der Waals surface area contributed by atoms with Gasteiger partial charge in [0.2, 0.25) is 0 Å². The molecule has 0 aliphatic rings. The van der Waals surface area contributed by atoms with E-state index in [1.54, 1.807) is 31.8 Å². The molecular formula is C22H18FN3O. The van der Waals surface area contributed by atoms with Crippen LogP contribution in [0.2, 0.25) is 0 Å². The van der Waals surface area contributed by atoms with E-state index in [0.29, 0.717) is 17.1 Å². The lowest BCUT2D eigenvalue weighted by Gasteiger charge is -2.22. The fourth-order valence-electron chi connectivity index (χ4n) is 3.28. The summed E-state index contributed by atoms with van der Waals surface area (Å²) >= 11 is 0. The lowest BCUT2D eigenvalue weighted by molar-refractivity contribution is 0.414. The minimum atomic E-state index is -0.333. The lowest BCUT2D eigenvalue weighted by atomic mass is 9.99. The van der Waals surface area contributed by atoms with E-state index in [0.717, 1.165) is 11.1 Å². The predicted octanol–water partition coefficient (Wildman–Crippen LogP) is 4.73. The minimum Gasteiger partial charge on any atom is -0.496 e. The molecule has 4 aromatic rings. The molecule has 134 valence electrons. The van der Waals surface area contributed by atoms with E-state index in [9.17, 15) is 4.39 Å². The van der Waals surface area contributed by atoms with Gasteiger partial charge in [-0.25, -0.2) is 9.37 Å². The first-order valence-electron chi connectivity index (χ1n) is 8.59. The molecule has 0 saturated heterocycles. The van der Waals surface area contributed by atoms with Crippen molar-refractivity contribution in [2.45, 2.75) is 6.04 Å². The molecule has 0 fully saturated rings. The molecule has 0 aliphatic heterocycles. The number of hydrogen-bond acceptors (Lipinski definition) is 3. The first-order chi connectivity index (χ1) is 13.3. The topological polar surface area (TPSA) is 39.9 Å². The van der Waals surface area contributed by atoms with E-state index in [1.807, 2.05) is 41.1 Å². The van der Waals surface area contributed by atoms with Gasteiger partial charge >= 0.3 is 0 Å². The van der Waals surface area contributed by atoms with E-state index < -0.39 is 0 Å². The SMILES string of the molecule is COc1ccc(F)cc1-c1nccn1C(c1ccccc1)c1ccncc1. The third-order valence-corrected chi connectivity index (χ3v) is 4.49. The van der Waals surface area contributed by atoms with Gasteiger partial charge in [0.1, 0.15) is 17.4 Å². The molecule has 4 nitrogen and oxygen atoms in total. The maximum Gasteiger partial charge on any atom is 0.144 e. The second-order valence-electron chi connectivity index (χ2n) is 6.10. The Morgan fingerprint density at radius 2 is 1.67 bits per heavy atom. The fourth-order valence-corrected chi connectivity index (χ4v) is 3.28. The number of benzene rings is 2. The fraction of sp³-hybridized carbons (Fsp3) is 0.0909. The normalized spacial score (nSPS) is 11.9. The van der Waals surface area contributed by atoms with Crippen molar-refractivity contribution in [1.29, 1.82) is 0 Å². The van der Waals surface area contributed by atoms with Gasteiger partial charge in [-0.3, -0.25) is 4.98 Å². The van der Waals surface area contributed by atoms with Crippen LogP contribution in [0.3, 0.4) is 0 Å². The predicted molar refractivity (Wildman–Crippen MR) is 102 cm³/mol. The average molecular weight is 359 g/mol. The molecular weight excluding hydrogens is 341 g/mol. The highest BCUT2D eigenvalue weighted by atomic mass is 19.1. The maximum atomic E-state index is 14.0. The number of methoxy groups -OCH3 is 1. The van der Waals surface area contributed by atoms with E-state index in [4.69, 9.17) is 4.74 Å². The molecule has 0 N–H and O–H groups in total. The van der Waals surface area contributed by atoms with Crippen LogP contribution in [-0.2, 0) is 0 Å². The number of rotatable bonds is 5. The van der Waals surface area contributed by atoms with Crippen LogP contribution in [0, 0.1) is 5.82 Å². The summed E-state index contributed by atoms with van der Waals surface area (Å²) < 4.78 is 21.4. The molecule has 27 heavy (non-hydrogen) atoms. The van der Waals surface area contributed by atoms with E-state index in [1.165, 1.54) is 12.1 Å². The Bertz CT molecular complexity index is 992. The van der Waals surface area contributed by atoms with Gasteiger partial charge in [-0.05, 0) is 41.5 Å². The van der Waals surface area contributed by atoms with Gasteiger partial charge in [-0.1, -0.05) is 30.3 Å². The number of nitrogens with zero attached hydrogens (tertiary/aromatic N) is 3. The Kier molecular flexibility index (Phi) is 4.66. The van der Waals surface area contributed by atoms with Gasteiger partial charge in [-0.15, -0.1) is 0 Å². The summed E-state index contributed by atoms with van der Waals surface area (Å²) in [5.41, 5.74) is 2.77. The van der Waals surface area contributed by atoms with Gasteiger partial charge < -0.3 is 9.30 Å². The Balaban J connectivity index is 1.92. The summed E-state index contributed by atoms with van der Waals surface area (Å²) in [6.07, 6.45) is 7.16. The number of imidazole rings is 1. The molecule has 2 aromatic heterocycles. The van der Waals surface area contributed by atoms with Crippen molar-refractivity contribution >= 4 is 0 Å². The van der Waals surface area contributed by atoms with Crippen molar-refractivity contribution in [2.75, 3.05) is 7.11 Å². The highest BCUT2D eigenvalue weighted by Crippen LogP contribution is 2.35. The zero-order valence-corrected chi connectivity index (χ0v) is 14.8. The number of hydrogen-bond donors (Lipinski definition) is 0. The number of ether oxygens (including phenoxy) is 1. The Labute approximate surface area is 156 Å². The second kappa shape index (κ2) is 7.41. The lowest BCUT2D eigenvalue weighted by Crippen LogP contribution is -2.13. The molecule has 0 bridgehead atoms. The largest absolute Gasteiger partial charge is 0.496 e. The molecule has 0 amide bonds. The summed E-state index contributed by atoms with van der Waals surface area (Å²) in [4.78, 5) is 8.64. The zero-order chi connectivity index (χ0) is 18.6. The van der Waals surface area contributed by atoms with Crippen LogP contribution in [0.1, 0.15) is 17.2 Å². The Morgan fingerprint density at radius 1 is 0.926 bits per heavy atom. The maximum absolute atomic E-state index is 14.0. The minimum absolute atomic E-state index is 0.125. The molecule has 0 spiro atoms. The third kappa shape index (κ3) is 3.31. The van der Waals surface area contributed by atoms with Crippen molar-refractivity contribution in [3.63, 3.8) is 0 Å². The quantitative estimate of drug-likeness (QED) is 0.517. The summed E-state index contributed by atoms with van der Waals surface area (Å²) in [5.74, 6) is 0.878. The highest BCUT2D eigenvalue weighted by Gasteiger charge is 2.21. The molecule has 1 unspecified atom stereocenters. The van der Waals surface area contributed by atoms with E-state index in [2.05, 4.69) is 22.1 Å². The van der Waals surface area contributed by atoms with Crippen molar-refractivity contribution < 1.29 is 9.13 Å². The smallest absolute Gasteiger partial charge is 0.144 e. The molecule has 0 radical (unpaired) electrons. The third-order valence-electron chi connectivity index (χ3n) is 4.49. The number of halogens is 1. The highest BCUT2D eigenvalue weighted by molar-refractivity contribution is 5.65. The second-order valence-corrected chi connectivity index (χ2v) is 6.10. The van der Waals surface area contributed by atoms with E-state index in [-0.39, 0.29) is 11.9 Å². The average Bonchev–Trinajstić information content (AvgIpc) is 3.19. The first-order valence-corrected chi connectivity index (χ1v) is 8.59. The molecule has 4 rings (SSSR count). The van der Waals surface area contributed by atoms with Crippen molar-refractivity contribution in [3.05, 3.63) is 102 Å². The van der Waals surface area contributed by atoms with Crippen molar-refractivity contribution in [3.8, 4) is 17.1 Å². The van der Waals surface area contributed by atoms with Gasteiger partial charge in [-0.2, -0.15) is 0 Å². The molecule has 2 aromatic carbocycles. The molecule has 1 atom stereocenters. The Morgan fingerprint density at radius 3 is 2.41 bits per heavy atom. The monoisotopic (exact) mass is 359 g/mol. The molecule has 2 heterocycles. The van der Waals surface area contributed by atoms with Gasteiger partial charge in [0.25, 0.3) is 0 Å².